The first kappa shape index (κ1) is 13.9. The van der Waals surface area contributed by atoms with Crippen LogP contribution in [-0.2, 0) is 6.54 Å². The number of hydrogen-bond donors (Lipinski definition) is 3. The maximum Gasteiger partial charge on any atom is 0.196 e. The van der Waals surface area contributed by atoms with Crippen molar-refractivity contribution in [3.63, 3.8) is 0 Å². The molecule has 1 aromatic carbocycles. The zero-order valence-electron chi connectivity index (χ0n) is 10.4. The third-order valence-electron chi connectivity index (χ3n) is 2.35. The predicted octanol–water partition coefficient (Wildman–Crippen LogP) is 2.17. The van der Waals surface area contributed by atoms with Gasteiger partial charge in [-0.25, -0.2) is 9.97 Å². The molecular formula is C12H14ClN5S. The first-order valence-electron chi connectivity index (χ1n) is 5.59. The smallest absolute Gasteiger partial charge is 0.196 e. The summed E-state index contributed by atoms with van der Waals surface area (Å²) in [4.78, 5) is 9.16. The van der Waals surface area contributed by atoms with Crippen LogP contribution in [0.3, 0.4) is 0 Å². The van der Waals surface area contributed by atoms with E-state index in [1.54, 1.807) is 0 Å². The molecule has 1 heterocycles. The number of nitrogens with two attached hydrogens (primary N) is 2. The standard InChI is InChI=1S/C12H14ClN5S/c1-16-6-7-2-3-8(4-9(7)13)19-12-17-10(14)5-11(15)18-12/h2-5,16H,6H2,1H3,(H4,14,15,17,18). The van der Waals surface area contributed by atoms with Gasteiger partial charge in [-0.05, 0) is 36.5 Å². The second-order valence-corrected chi connectivity index (χ2v) is 5.33. The van der Waals surface area contributed by atoms with Crippen LogP contribution in [0.25, 0.3) is 0 Å². The Morgan fingerprint density at radius 1 is 1.21 bits per heavy atom. The zero-order chi connectivity index (χ0) is 13.8. The minimum Gasteiger partial charge on any atom is -0.383 e. The fourth-order valence-corrected chi connectivity index (χ4v) is 2.68. The third-order valence-corrected chi connectivity index (χ3v) is 3.55. The van der Waals surface area contributed by atoms with Gasteiger partial charge < -0.3 is 16.8 Å². The zero-order valence-corrected chi connectivity index (χ0v) is 11.9. The van der Waals surface area contributed by atoms with Crippen LogP contribution in [0, 0.1) is 0 Å². The van der Waals surface area contributed by atoms with E-state index in [1.807, 2.05) is 25.2 Å². The van der Waals surface area contributed by atoms with Gasteiger partial charge in [0.15, 0.2) is 5.16 Å². The van der Waals surface area contributed by atoms with Gasteiger partial charge >= 0.3 is 0 Å². The van der Waals surface area contributed by atoms with Crippen molar-refractivity contribution < 1.29 is 0 Å². The summed E-state index contributed by atoms with van der Waals surface area (Å²) in [5, 5.41) is 4.27. The molecule has 2 aromatic rings. The first-order valence-corrected chi connectivity index (χ1v) is 6.79. The van der Waals surface area contributed by atoms with Crippen molar-refractivity contribution in [2.24, 2.45) is 0 Å². The average molecular weight is 296 g/mol. The second-order valence-electron chi connectivity index (χ2n) is 3.89. The molecule has 19 heavy (non-hydrogen) atoms. The van der Waals surface area contributed by atoms with Gasteiger partial charge in [-0.3, -0.25) is 0 Å². The number of nitrogens with one attached hydrogen (secondary N) is 1. The Labute approximate surface area is 120 Å². The molecule has 0 amide bonds. The van der Waals surface area contributed by atoms with Crippen LogP contribution in [0.15, 0.2) is 34.3 Å². The third kappa shape index (κ3) is 3.73. The van der Waals surface area contributed by atoms with Crippen LogP contribution in [-0.4, -0.2) is 17.0 Å². The Kier molecular flexibility index (Phi) is 4.47. The normalized spacial score (nSPS) is 10.6. The molecule has 0 aliphatic carbocycles. The van der Waals surface area contributed by atoms with Gasteiger partial charge in [0.2, 0.25) is 0 Å². The van der Waals surface area contributed by atoms with E-state index in [9.17, 15) is 0 Å². The van der Waals surface area contributed by atoms with E-state index in [0.29, 0.717) is 21.8 Å². The summed E-state index contributed by atoms with van der Waals surface area (Å²) in [5.74, 6) is 0.709. The lowest BCUT2D eigenvalue weighted by Gasteiger charge is -2.06. The molecular weight excluding hydrogens is 282 g/mol. The number of rotatable bonds is 4. The van der Waals surface area contributed by atoms with E-state index in [0.717, 1.165) is 17.0 Å². The largest absolute Gasteiger partial charge is 0.383 e. The number of hydrogen-bond acceptors (Lipinski definition) is 6. The molecule has 0 atom stereocenters. The highest BCUT2D eigenvalue weighted by atomic mass is 35.5. The monoisotopic (exact) mass is 295 g/mol. The van der Waals surface area contributed by atoms with E-state index in [4.69, 9.17) is 23.1 Å². The molecule has 5 N–H and O–H groups in total. The molecule has 0 radical (unpaired) electrons. The Bertz CT molecular complexity index is 570. The molecule has 0 unspecified atom stereocenters. The highest BCUT2D eigenvalue weighted by Gasteiger charge is 2.06. The quantitative estimate of drug-likeness (QED) is 0.749. The van der Waals surface area contributed by atoms with Crippen molar-refractivity contribution in [1.82, 2.24) is 15.3 Å². The summed E-state index contributed by atoms with van der Waals surface area (Å²) >= 11 is 7.56. The molecule has 0 saturated heterocycles. The van der Waals surface area contributed by atoms with E-state index in [-0.39, 0.29) is 0 Å². The highest BCUT2D eigenvalue weighted by molar-refractivity contribution is 7.99. The molecule has 0 bridgehead atoms. The number of anilines is 2. The van der Waals surface area contributed by atoms with Crippen molar-refractivity contribution in [2.45, 2.75) is 16.6 Å². The fourth-order valence-electron chi connectivity index (χ4n) is 1.54. The number of benzene rings is 1. The van der Waals surface area contributed by atoms with Crippen LogP contribution < -0.4 is 16.8 Å². The maximum absolute atomic E-state index is 6.19. The number of halogens is 1. The Morgan fingerprint density at radius 3 is 2.47 bits per heavy atom. The second kappa shape index (κ2) is 6.10. The maximum atomic E-state index is 6.19. The summed E-state index contributed by atoms with van der Waals surface area (Å²) in [6.07, 6.45) is 0. The van der Waals surface area contributed by atoms with Gasteiger partial charge in [-0.2, -0.15) is 0 Å². The topological polar surface area (TPSA) is 89.8 Å². The van der Waals surface area contributed by atoms with Crippen LogP contribution in [0.4, 0.5) is 11.6 Å². The van der Waals surface area contributed by atoms with Crippen molar-refractivity contribution >= 4 is 35.0 Å². The van der Waals surface area contributed by atoms with E-state index >= 15 is 0 Å². The molecule has 1 aromatic heterocycles. The van der Waals surface area contributed by atoms with Crippen molar-refractivity contribution in [1.29, 1.82) is 0 Å². The Balaban J connectivity index is 2.21. The molecule has 0 aliphatic rings. The SMILES string of the molecule is CNCc1ccc(Sc2nc(N)cc(N)n2)cc1Cl. The Morgan fingerprint density at radius 2 is 1.89 bits per heavy atom. The number of nitrogen functional groups attached to an aromatic ring is 2. The Hall–Kier alpha value is -1.50. The van der Waals surface area contributed by atoms with Gasteiger partial charge in [-0.1, -0.05) is 17.7 Å². The molecule has 5 nitrogen and oxygen atoms in total. The van der Waals surface area contributed by atoms with Crippen molar-refractivity contribution in [3.05, 3.63) is 34.9 Å². The van der Waals surface area contributed by atoms with Crippen molar-refractivity contribution in [3.8, 4) is 0 Å². The van der Waals surface area contributed by atoms with Gasteiger partial charge in [0.1, 0.15) is 11.6 Å². The molecule has 0 aliphatic heterocycles. The summed E-state index contributed by atoms with van der Waals surface area (Å²) in [6, 6.07) is 7.33. The van der Waals surface area contributed by atoms with E-state index in [1.165, 1.54) is 17.8 Å². The number of aromatic nitrogens is 2. The molecule has 0 fully saturated rings. The summed E-state index contributed by atoms with van der Waals surface area (Å²) in [6.45, 7) is 0.728. The molecule has 0 spiro atoms. The van der Waals surface area contributed by atoms with Gasteiger partial charge in [-0.15, -0.1) is 0 Å². The molecule has 100 valence electrons. The summed E-state index contributed by atoms with van der Waals surface area (Å²) in [7, 11) is 1.88. The fraction of sp³-hybridized carbons (Fsp3) is 0.167. The van der Waals surface area contributed by atoms with Gasteiger partial charge in [0.05, 0.1) is 0 Å². The highest BCUT2D eigenvalue weighted by Crippen LogP contribution is 2.29. The number of nitrogens with zero attached hydrogens (tertiary/aromatic N) is 2. The minimum absolute atomic E-state index is 0.355. The first-order chi connectivity index (χ1) is 9.08. The van der Waals surface area contributed by atoms with E-state index < -0.39 is 0 Å². The minimum atomic E-state index is 0.355. The van der Waals surface area contributed by atoms with Crippen LogP contribution in [0.2, 0.25) is 5.02 Å². The van der Waals surface area contributed by atoms with E-state index in [2.05, 4.69) is 15.3 Å². The van der Waals surface area contributed by atoms with Crippen LogP contribution in [0.1, 0.15) is 5.56 Å². The van der Waals surface area contributed by atoms with Crippen LogP contribution in [0.5, 0.6) is 0 Å². The lowest BCUT2D eigenvalue weighted by Crippen LogP contribution is -2.05. The molecule has 2 rings (SSSR count). The average Bonchev–Trinajstić information content (AvgIpc) is 2.31. The van der Waals surface area contributed by atoms with Gasteiger partial charge in [0.25, 0.3) is 0 Å². The predicted molar refractivity (Wildman–Crippen MR) is 79.2 cm³/mol. The summed E-state index contributed by atoms with van der Waals surface area (Å²) < 4.78 is 0. The lowest BCUT2D eigenvalue weighted by molar-refractivity contribution is 0.817. The summed E-state index contributed by atoms with van der Waals surface area (Å²) in [5.41, 5.74) is 12.3. The molecule has 7 heteroatoms. The van der Waals surface area contributed by atoms with Crippen molar-refractivity contribution in [2.75, 3.05) is 18.5 Å². The lowest BCUT2D eigenvalue weighted by atomic mass is 10.2. The molecule has 0 saturated carbocycles. The van der Waals surface area contributed by atoms with Crippen LogP contribution >= 0.6 is 23.4 Å². The van der Waals surface area contributed by atoms with Gasteiger partial charge in [0, 0.05) is 22.5 Å².